The van der Waals surface area contributed by atoms with Gasteiger partial charge in [0.2, 0.25) is 5.91 Å². The highest BCUT2D eigenvalue weighted by Gasteiger charge is 2.38. The van der Waals surface area contributed by atoms with Gasteiger partial charge in [0.05, 0.1) is 12.6 Å². The first-order chi connectivity index (χ1) is 8.75. The molecule has 1 aromatic carbocycles. The second kappa shape index (κ2) is 4.73. The Hall–Kier alpha value is -1.35. The van der Waals surface area contributed by atoms with Crippen LogP contribution >= 0.6 is 0 Å². The Morgan fingerprint density at radius 1 is 1.33 bits per heavy atom. The number of benzene rings is 1. The smallest absolute Gasteiger partial charge is 0.223 e. The van der Waals surface area contributed by atoms with Crippen molar-refractivity contribution in [1.82, 2.24) is 5.32 Å². The zero-order valence-corrected chi connectivity index (χ0v) is 10.6. The van der Waals surface area contributed by atoms with Crippen molar-refractivity contribution < 1.29 is 9.53 Å². The summed E-state index contributed by atoms with van der Waals surface area (Å²) in [6, 6.07) is 10.2. The molecule has 0 aromatic heterocycles. The lowest BCUT2D eigenvalue weighted by Gasteiger charge is -2.38. The second-order valence-electron chi connectivity index (χ2n) is 5.41. The molecule has 0 radical (unpaired) electrons. The quantitative estimate of drug-likeness (QED) is 0.884. The fourth-order valence-electron chi connectivity index (χ4n) is 2.50. The molecule has 96 valence electrons. The minimum Gasteiger partial charge on any atom is -0.369 e. The molecule has 1 unspecified atom stereocenters. The average Bonchev–Trinajstić information content (AvgIpc) is 3.19. The van der Waals surface area contributed by atoms with E-state index in [0.717, 1.165) is 5.56 Å². The topological polar surface area (TPSA) is 38.3 Å². The third-order valence-corrected chi connectivity index (χ3v) is 4.02. The number of hydrogen-bond acceptors (Lipinski definition) is 2. The van der Waals surface area contributed by atoms with Crippen LogP contribution in [-0.4, -0.2) is 18.6 Å². The highest BCUT2D eigenvalue weighted by atomic mass is 16.5. The van der Waals surface area contributed by atoms with E-state index in [9.17, 15) is 4.79 Å². The summed E-state index contributed by atoms with van der Waals surface area (Å²) in [5.74, 6) is 0.954. The maximum atomic E-state index is 12.0. The Morgan fingerprint density at radius 3 is 2.61 bits per heavy atom. The fourth-order valence-corrected chi connectivity index (χ4v) is 2.50. The molecule has 1 amide bonds. The third kappa shape index (κ3) is 2.27. The molecule has 1 saturated heterocycles. The first-order valence-electron chi connectivity index (χ1n) is 6.72. The van der Waals surface area contributed by atoms with Gasteiger partial charge in [-0.25, -0.2) is 0 Å². The van der Waals surface area contributed by atoms with Gasteiger partial charge in [0.25, 0.3) is 0 Å². The normalized spacial score (nSPS) is 28.3. The van der Waals surface area contributed by atoms with Crippen LogP contribution in [0.1, 0.15) is 31.4 Å². The summed E-state index contributed by atoms with van der Waals surface area (Å²) in [6.07, 6.45) is 2.44. The molecule has 3 rings (SSSR count). The molecule has 1 N–H and O–H groups in total. The van der Waals surface area contributed by atoms with Crippen molar-refractivity contribution in [3.05, 3.63) is 35.9 Å². The maximum absolute atomic E-state index is 12.0. The van der Waals surface area contributed by atoms with E-state index in [1.165, 1.54) is 12.8 Å². The van der Waals surface area contributed by atoms with Crippen molar-refractivity contribution in [3.63, 3.8) is 0 Å². The Bertz CT molecular complexity index is 427. The van der Waals surface area contributed by atoms with Gasteiger partial charge in [-0.1, -0.05) is 37.3 Å². The van der Waals surface area contributed by atoms with Gasteiger partial charge in [-0.05, 0) is 24.3 Å². The summed E-state index contributed by atoms with van der Waals surface area (Å²) in [5.41, 5.74) is 1.15. The van der Waals surface area contributed by atoms with Gasteiger partial charge in [-0.15, -0.1) is 0 Å². The van der Waals surface area contributed by atoms with Crippen LogP contribution in [0.25, 0.3) is 0 Å². The molecule has 2 fully saturated rings. The number of amides is 1. The van der Waals surface area contributed by atoms with E-state index < -0.39 is 0 Å². The van der Waals surface area contributed by atoms with E-state index in [2.05, 4.69) is 5.32 Å². The Labute approximate surface area is 108 Å². The Kier molecular flexibility index (Phi) is 3.08. The lowest BCUT2D eigenvalue weighted by atomic mass is 9.97. The van der Waals surface area contributed by atoms with Crippen molar-refractivity contribution in [2.24, 2.45) is 11.8 Å². The SMILES string of the molecule is CC(C(=O)N[C@@H]1CO[C@H]1c1ccccc1)C1CC1. The monoisotopic (exact) mass is 245 g/mol. The van der Waals surface area contributed by atoms with Gasteiger partial charge in [0.1, 0.15) is 6.10 Å². The van der Waals surface area contributed by atoms with Crippen LogP contribution in [0.4, 0.5) is 0 Å². The van der Waals surface area contributed by atoms with E-state index in [-0.39, 0.29) is 24.0 Å². The lowest BCUT2D eigenvalue weighted by molar-refractivity contribution is -0.136. The van der Waals surface area contributed by atoms with Gasteiger partial charge in [-0.2, -0.15) is 0 Å². The van der Waals surface area contributed by atoms with Crippen LogP contribution in [0.5, 0.6) is 0 Å². The molecular weight excluding hydrogens is 226 g/mol. The molecule has 1 aromatic rings. The summed E-state index contributed by atoms with van der Waals surface area (Å²) in [4.78, 5) is 12.0. The van der Waals surface area contributed by atoms with Crippen molar-refractivity contribution in [2.75, 3.05) is 6.61 Å². The number of carbonyl (C=O) groups excluding carboxylic acids is 1. The predicted octanol–water partition coefficient (Wildman–Crippen LogP) is 2.29. The number of rotatable bonds is 4. The highest BCUT2D eigenvalue weighted by molar-refractivity contribution is 5.79. The number of nitrogens with one attached hydrogen (secondary N) is 1. The average molecular weight is 245 g/mol. The fraction of sp³-hybridized carbons (Fsp3) is 0.533. The maximum Gasteiger partial charge on any atom is 0.223 e. The van der Waals surface area contributed by atoms with E-state index in [4.69, 9.17) is 4.74 Å². The molecule has 0 bridgehead atoms. The van der Waals surface area contributed by atoms with E-state index >= 15 is 0 Å². The summed E-state index contributed by atoms with van der Waals surface area (Å²) >= 11 is 0. The summed E-state index contributed by atoms with van der Waals surface area (Å²) in [6.45, 7) is 2.66. The van der Waals surface area contributed by atoms with E-state index in [1.807, 2.05) is 37.3 Å². The largest absolute Gasteiger partial charge is 0.369 e. The molecular formula is C15H19NO2. The molecule has 1 aliphatic carbocycles. The lowest BCUT2D eigenvalue weighted by Crippen LogP contribution is -2.52. The van der Waals surface area contributed by atoms with Crippen LogP contribution in [0, 0.1) is 11.8 Å². The van der Waals surface area contributed by atoms with Gasteiger partial charge >= 0.3 is 0 Å². The molecule has 3 heteroatoms. The van der Waals surface area contributed by atoms with E-state index in [1.54, 1.807) is 0 Å². The van der Waals surface area contributed by atoms with Crippen LogP contribution in [0.2, 0.25) is 0 Å². The summed E-state index contributed by atoms with van der Waals surface area (Å²) in [7, 11) is 0. The molecule has 0 spiro atoms. The zero-order valence-electron chi connectivity index (χ0n) is 10.6. The van der Waals surface area contributed by atoms with Crippen LogP contribution in [0.15, 0.2) is 30.3 Å². The minimum atomic E-state index is 0.0292. The number of carbonyl (C=O) groups is 1. The molecule has 2 aliphatic rings. The zero-order chi connectivity index (χ0) is 12.5. The first-order valence-corrected chi connectivity index (χ1v) is 6.72. The molecule has 1 aliphatic heterocycles. The van der Waals surface area contributed by atoms with Crippen LogP contribution in [-0.2, 0) is 9.53 Å². The molecule has 3 nitrogen and oxygen atoms in total. The highest BCUT2D eigenvalue weighted by Crippen LogP contribution is 2.37. The third-order valence-electron chi connectivity index (χ3n) is 4.02. The first kappa shape index (κ1) is 11.7. The molecule has 3 atom stereocenters. The van der Waals surface area contributed by atoms with Crippen molar-refractivity contribution in [1.29, 1.82) is 0 Å². The van der Waals surface area contributed by atoms with Crippen LogP contribution in [0.3, 0.4) is 0 Å². The molecule has 1 heterocycles. The summed E-state index contributed by atoms with van der Waals surface area (Å²) < 4.78 is 5.57. The Morgan fingerprint density at radius 2 is 2.06 bits per heavy atom. The minimum absolute atomic E-state index is 0.0292. The number of hydrogen-bond donors (Lipinski definition) is 1. The second-order valence-corrected chi connectivity index (χ2v) is 5.41. The molecule has 1 saturated carbocycles. The van der Waals surface area contributed by atoms with Gasteiger partial charge in [-0.3, -0.25) is 4.79 Å². The van der Waals surface area contributed by atoms with Crippen molar-refractivity contribution in [2.45, 2.75) is 31.9 Å². The van der Waals surface area contributed by atoms with Crippen LogP contribution < -0.4 is 5.32 Å². The standard InChI is InChI=1S/C15H19NO2/c1-10(11-7-8-11)15(17)16-13-9-18-14(13)12-5-3-2-4-6-12/h2-6,10-11,13-14H,7-9H2,1H3,(H,16,17)/t10?,13-,14+/m1/s1. The van der Waals surface area contributed by atoms with E-state index in [0.29, 0.717) is 12.5 Å². The summed E-state index contributed by atoms with van der Waals surface area (Å²) in [5, 5.41) is 3.12. The van der Waals surface area contributed by atoms with Gasteiger partial charge < -0.3 is 10.1 Å². The predicted molar refractivity (Wildman–Crippen MR) is 69.0 cm³/mol. The van der Waals surface area contributed by atoms with Gasteiger partial charge in [0.15, 0.2) is 0 Å². The Balaban J connectivity index is 1.59. The van der Waals surface area contributed by atoms with Gasteiger partial charge in [0, 0.05) is 5.92 Å². The molecule has 18 heavy (non-hydrogen) atoms. The van der Waals surface area contributed by atoms with Crippen molar-refractivity contribution in [3.8, 4) is 0 Å². The number of ether oxygens (including phenoxy) is 1. The van der Waals surface area contributed by atoms with Crippen molar-refractivity contribution >= 4 is 5.91 Å².